The third kappa shape index (κ3) is 4.07. The van der Waals surface area contributed by atoms with E-state index in [0.717, 1.165) is 5.56 Å². The highest BCUT2D eigenvalue weighted by Gasteiger charge is 2.07. The molecule has 0 aliphatic carbocycles. The second-order valence-electron chi connectivity index (χ2n) is 3.73. The van der Waals surface area contributed by atoms with Crippen LogP contribution >= 0.6 is 46.8 Å². The van der Waals surface area contributed by atoms with Gasteiger partial charge in [-0.3, -0.25) is 0 Å². The summed E-state index contributed by atoms with van der Waals surface area (Å²) in [5.41, 5.74) is 0.998. The molecule has 0 spiro atoms. The van der Waals surface area contributed by atoms with Gasteiger partial charge in [-0.15, -0.1) is 0 Å². The van der Waals surface area contributed by atoms with Gasteiger partial charge in [0.05, 0.1) is 15.1 Å². The minimum Gasteiger partial charge on any atom is -0.336 e. The molecular formula is C12H9Cl3N2O2S. The van der Waals surface area contributed by atoms with Crippen LogP contribution in [0, 0.1) is 0 Å². The molecule has 2 N–H and O–H groups in total. The van der Waals surface area contributed by atoms with Gasteiger partial charge in [-0.05, 0) is 29.6 Å². The average molecular weight is 352 g/mol. The molecule has 0 aliphatic heterocycles. The van der Waals surface area contributed by atoms with Gasteiger partial charge in [0.1, 0.15) is 0 Å². The van der Waals surface area contributed by atoms with Crippen molar-refractivity contribution >= 4 is 52.6 Å². The van der Waals surface area contributed by atoms with Gasteiger partial charge in [-0.25, -0.2) is 10.2 Å². The van der Waals surface area contributed by atoms with Gasteiger partial charge in [0.15, 0.2) is 5.82 Å². The third-order valence-electron chi connectivity index (χ3n) is 2.31. The number of aromatic nitrogens is 1. The molecule has 2 rings (SSSR count). The van der Waals surface area contributed by atoms with Crippen molar-refractivity contribution in [3.8, 4) is 5.75 Å². The quantitative estimate of drug-likeness (QED) is 0.443. The Morgan fingerprint density at radius 2 is 2.00 bits per heavy atom. The third-order valence-corrected chi connectivity index (χ3v) is 4.07. The molecule has 0 bridgehead atoms. The number of anilines is 1. The number of pyridine rings is 1. The molecule has 106 valence electrons. The van der Waals surface area contributed by atoms with Crippen molar-refractivity contribution in [3.05, 3.63) is 51.1 Å². The predicted molar refractivity (Wildman–Crippen MR) is 83.9 cm³/mol. The topological polar surface area (TPSA) is 54.4 Å². The lowest BCUT2D eigenvalue weighted by molar-refractivity contribution is -0.137. The summed E-state index contributed by atoms with van der Waals surface area (Å²) in [6, 6.07) is 6.86. The molecule has 0 saturated heterocycles. The van der Waals surface area contributed by atoms with E-state index in [-0.39, 0.29) is 5.75 Å². The molecule has 2 aromatic rings. The largest absolute Gasteiger partial charge is 0.336 e. The van der Waals surface area contributed by atoms with E-state index in [0.29, 0.717) is 26.6 Å². The lowest BCUT2D eigenvalue weighted by Crippen LogP contribution is -1.96. The van der Waals surface area contributed by atoms with E-state index in [1.807, 2.05) is 6.07 Å². The molecule has 0 radical (unpaired) electrons. The summed E-state index contributed by atoms with van der Waals surface area (Å²) >= 11 is 18.9. The zero-order valence-electron chi connectivity index (χ0n) is 9.94. The van der Waals surface area contributed by atoms with Crippen LogP contribution in [0.15, 0.2) is 30.5 Å². The fourth-order valence-electron chi connectivity index (χ4n) is 1.38. The van der Waals surface area contributed by atoms with Crippen LogP contribution in [0.2, 0.25) is 15.1 Å². The summed E-state index contributed by atoms with van der Waals surface area (Å²) in [6.07, 6.45) is 1.45. The highest BCUT2D eigenvalue weighted by molar-refractivity contribution is 7.99. The molecule has 1 heterocycles. The SMILES string of the molecule is OOc1cc(Cl)cnc1NSCc1ccc(Cl)c(Cl)c1. The summed E-state index contributed by atoms with van der Waals surface area (Å²) in [4.78, 5) is 8.22. The molecular weight excluding hydrogens is 343 g/mol. The van der Waals surface area contributed by atoms with Crippen LogP contribution in [0.5, 0.6) is 5.75 Å². The van der Waals surface area contributed by atoms with Crippen molar-refractivity contribution in [3.63, 3.8) is 0 Å². The number of benzene rings is 1. The fourth-order valence-corrected chi connectivity index (χ4v) is 2.56. The van der Waals surface area contributed by atoms with Crippen LogP contribution in [-0.2, 0) is 5.75 Å². The Labute approximate surface area is 135 Å². The Balaban J connectivity index is 1.97. The second-order valence-corrected chi connectivity index (χ2v) is 5.76. The molecule has 8 heteroatoms. The van der Waals surface area contributed by atoms with E-state index in [1.165, 1.54) is 24.2 Å². The van der Waals surface area contributed by atoms with E-state index >= 15 is 0 Å². The highest BCUT2D eigenvalue weighted by atomic mass is 35.5. The standard InChI is InChI=1S/C12H9Cl3N2O2S/c13-8-4-11(19-18)12(16-5-8)17-20-6-7-1-2-9(14)10(15)3-7/h1-5,18H,6H2,(H,16,17). The number of nitrogens with one attached hydrogen (secondary N) is 1. The second kappa shape index (κ2) is 7.24. The number of hydrogen-bond donors (Lipinski definition) is 2. The van der Waals surface area contributed by atoms with Crippen molar-refractivity contribution < 1.29 is 10.1 Å². The van der Waals surface area contributed by atoms with Crippen molar-refractivity contribution in [2.24, 2.45) is 0 Å². The lowest BCUT2D eigenvalue weighted by Gasteiger charge is -2.08. The molecule has 0 aliphatic rings. The van der Waals surface area contributed by atoms with Gasteiger partial charge in [0.25, 0.3) is 0 Å². The summed E-state index contributed by atoms with van der Waals surface area (Å²) in [5.74, 6) is 1.16. The smallest absolute Gasteiger partial charge is 0.209 e. The van der Waals surface area contributed by atoms with Gasteiger partial charge in [-0.1, -0.05) is 40.9 Å². The number of hydrogen-bond acceptors (Lipinski definition) is 5. The molecule has 1 aromatic carbocycles. The Hall–Kier alpha value is -0.850. The first kappa shape index (κ1) is 15.5. The van der Waals surface area contributed by atoms with Crippen LogP contribution in [0.3, 0.4) is 0 Å². The zero-order chi connectivity index (χ0) is 14.5. The summed E-state index contributed by atoms with van der Waals surface area (Å²) in [7, 11) is 0. The Morgan fingerprint density at radius 3 is 2.70 bits per heavy atom. The summed E-state index contributed by atoms with van der Waals surface area (Å²) in [5, 5.41) is 10.1. The first-order valence-corrected chi connectivity index (χ1v) is 7.51. The molecule has 1 aromatic heterocycles. The monoisotopic (exact) mass is 350 g/mol. The minimum absolute atomic E-state index is 0.152. The maximum atomic E-state index is 8.75. The zero-order valence-corrected chi connectivity index (χ0v) is 13.0. The first-order chi connectivity index (χ1) is 9.60. The lowest BCUT2D eigenvalue weighted by atomic mass is 10.2. The molecule has 0 atom stereocenters. The van der Waals surface area contributed by atoms with Gasteiger partial charge in [0, 0.05) is 18.0 Å². The minimum atomic E-state index is 0.152. The number of halogens is 3. The van der Waals surface area contributed by atoms with Crippen molar-refractivity contribution in [2.45, 2.75) is 5.75 Å². The Kier molecular flexibility index (Phi) is 5.63. The predicted octanol–water partition coefficient (Wildman–Crippen LogP) is 5.15. The van der Waals surface area contributed by atoms with E-state index < -0.39 is 0 Å². The maximum Gasteiger partial charge on any atom is 0.209 e. The van der Waals surface area contributed by atoms with Crippen molar-refractivity contribution in [2.75, 3.05) is 4.72 Å². The van der Waals surface area contributed by atoms with Gasteiger partial charge >= 0.3 is 0 Å². The summed E-state index contributed by atoms with van der Waals surface area (Å²) in [6.45, 7) is 0. The fraction of sp³-hybridized carbons (Fsp3) is 0.0833. The van der Waals surface area contributed by atoms with Crippen molar-refractivity contribution in [1.82, 2.24) is 4.98 Å². The molecule has 20 heavy (non-hydrogen) atoms. The summed E-state index contributed by atoms with van der Waals surface area (Å²) < 4.78 is 2.96. The van der Waals surface area contributed by atoms with Crippen LogP contribution in [0.1, 0.15) is 5.56 Å². The molecule has 0 saturated carbocycles. The van der Waals surface area contributed by atoms with Crippen molar-refractivity contribution in [1.29, 1.82) is 0 Å². The van der Waals surface area contributed by atoms with Crippen LogP contribution in [0.4, 0.5) is 5.82 Å². The normalized spacial score (nSPS) is 10.4. The van der Waals surface area contributed by atoms with Gasteiger partial charge in [0.2, 0.25) is 5.75 Å². The van der Waals surface area contributed by atoms with Crippen LogP contribution in [-0.4, -0.2) is 10.2 Å². The molecule has 0 unspecified atom stereocenters. The molecule has 0 fully saturated rings. The van der Waals surface area contributed by atoms with E-state index in [1.54, 1.807) is 12.1 Å². The molecule has 4 nitrogen and oxygen atoms in total. The van der Waals surface area contributed by atoms with Crippen LogP contribution in [0.25, 0.3) is 0 Å². The van der Waals surface area contributed by atoms with Crippen LogP contribution < -0.4 is 9.61 Å². The average Bonchev–Trinajstić information content (AvgIpc) is 2.44. The maximum absolute atomic E-state index is 8.75. The number of nitrogens with zero attached hydrogens (tertiary/aromatic N) is 1. The highest BCUT2D eigenvalue weighted by Crippen LogP contribution is 2.29. The molecule has 0 amide bonds. The van der Waals surface area contributed by atoms with E-state index in [2.05, 4.69) is 14.6 Å². The van der Waals surface area contributed by atoms with Gasteiger partial charge < -0.3 is 9.61 Å². The Bertz CT molecular complexity index is 613. The first-order valence-electron chi connectivity index (χ1n) is 5.39. The van der Waals surface area contributed by atoms with Gasteiger partial charge in [-0.2, -0.15) is 0 Å². The van der Waals surface area contributed by atoms with E-state index in [9.17, 15) is 0 Å². The Morgan fingerprint density at radius 1 is 1.20 bits per heavy atom. The van der Waals surface area contributed by atoms with E-state index in [4.69, 9.17) is 40.1 Å². The number of rotatable bonds is 5.